The van der Waals surface area contributed by atoms with Crippen LogP contribution in [0.2, 0.25) is 5.02 Å². The minimum Gasteiger partial charge on any atom is -0.369 e. The van der Waals surface area contributed by atoms with Crippen molar-refractivity contribution in [3.05, 3.63) is 34.9 Å². The van der Waals surface area contributed by atoms with Gasteiger partial charge in [-0.05, 0) is 30.5 Å². The van der Waals surface area contributed by atoms with Crippen LogP contribution in [0.4, 0.5) is 0 Å². The number of guanidine groups is 1. The zero-order valence-electron chi connectivity index (χ0n) is 12.0. The van der Waals surface area contributed by atoms with Crippen molar-refractivity contribution in [2.24, 2.45) is 21.7 Å². The molecule has 0 aliphatic carbocycles. The van der Waals surface area contributed by atoms with Crippen LogP contribution in [-0.2, 0) is 0 Å². The van der Waals surface area contributed by atoms with E-state index in [1.54, 1.807) is 0 Å². The molecule has 0 saturated heterocycles. The molecule has 0 aliphatic rings. The second-order valence-corrected chi connectivity index (χ2v) is 5.18. The number of halogens is 1. The van der Waals surface area contributed by atoms with Gasteiger partial charge in [0.15, 0.2) is 0 Å². The molecule has 0 aliphatic heterocycles. The molecule has 4 nitrogen and oxygen atoms in total. The standard InChI is InChI=1S/C15H23ClN4/c1-2-3-4-5-6-7-14(19-20-15(17)18)12-8-10-13(16)11-9-12/h8-11H,2-7H2,1H3,(H4,17,18,20)/b19-14+. The van der Waals surface area contributed by atoms with Crippen LogP contribution >= 0.6 is 11.6 Å². The monoisotopic (exact) mass is 294 g/mol. The summed E-state index contributed by atoms with van der Waals surface area (Å²) in [5.74, 6) is -0.0255. The number of unbranched alkanes of at least 4 members (excludes halogenated alkanes) is 4. The van der Waals surface area contributed by atoms with Gasteiger partial charge in [0.2, 0.25) is 5.96 Å². The molecule has 110 valence electrons. The number of nitrogens with two attached hydrogens (primary N) is 2. The Balaban J connectivity index is 2.68. The maximum atomic E-state index is 5.90. The second kappa shape index (κ2) is 9.37. The third-order valence-electron chi connectivity index (χ3n) is 2.98. The first kappa shape index (κ1) is 16.5. The molecule has 0 atom stereocenters. The molecule has 20 heavy (non-hydrogen) atoms. The number of nitrogens with zero attached hydrogens (tertiary/aromatic N) is 2. The largest absolute Gasteiger partial charge is 0.369 e. The lowest BCUT2D eigenvalue weighted by atomic mass is 10.0. The Kier molecular flexibility index (Phi) is 7.73. The van der Waals surface area contributed by atoms with Gasteiger partial charge >= 0.3 is 0 Å². The van der Waals surface area contributed by atoms with Crippen molar-refractivity contribution in [2.75, 3.05) is 0 Å². The zero-order chi connectivity index (χ0) is 14.8. The Hall–Kier alpha value is -1.55. The molecule has 0 heterocycles. The highest BCUT2D eigenvalue weighted by Gasteiger charge is 2.04. The van der Waals surface area contributed by atoms with Crippen LogP contribution < -0.4 is 11.5 Å². The Labute approximate surface area is 125 Å². The summed E-state index contributed by atoms with van der Waals surface area (Å²) in [5.41, 5.74) is 12.6. The molecule has 0 bridgehead atoms. The molecule has 0 radical (unpaired) electrons. The highest BCUT2D eigenvalue weighted by Crippen LogP contribution is 2.14. The number of hydrogen-bond donors (Lipinski definition) is 2. The fourth-order valence-electron chi connectivity index (χ4n) is 1.91. The van der Waals surface area contributed by atoms with Gasteiger partial charge < -0.3 is 11.5 Å². The van der Waals surface area contributed by atoms with E-state index in [0.29, 0.717) is 5.02 Å². The molecule has 0 saturated carbocycles. The second-order valence-electron chi connectivity index (χ2n) is 4.74. The average molecular weight is 295 g/mol. The first-order valence-corrected chi connectivity index (χ1v) is 7.42. The quantitative estimate of drug-likeness (QED) is 0.332. The molecular formula is C15H23ClN4. The van der Waals surface area contributed by atoms with Crippen molar-refractivity contribution in [3.8, 4) is 0 Å². The van der Waals surface area contributed by atoms with Crippen LogP contribution in [-0.4, -0.2) is 11.7 Å². The molecule has 0 fully saturated rings. The lowest BCUT2D eigenvalue weighted by Gasteiger charge is -2.06. The van der Waals surface area contributed by atoms with Gasteiger partial charge in [0.25, 0.3) is 0 Å². The predicted octanol–water partition coefficient (Wildman–Crippen LogP) is 3.68. The van der Waals surface area contributed by atoms with E-state index in [-0.39, 0.29) is 5.96 Å². The normalized spacial score (nSPS) is 11.4. The SMILES string of the molecule is CCCCCCC/C(=N\N=C(N)N)c1ccc(Cl)cc1. The van der Waals surface area contributed by atoms with Crippen molar-refractivity contribution in [3.63, 3.8) is 0 Å². The molecule has 5 heteroatoms. The van der Waals surface area contributed by atoms with Gasteiger partial charge in [-0.2, -0.15) is 5.10 Å². The number of rotatable bonds is 8. The number of hydrogen-bond acceptors (Lipinski definition) is 2. The van der Waals surface area contributed by atoms with Crippen molar-refractivity contribution < 1.29 is 0 Å². The van der Waals surface area contributed by atoms with E-state index in [1.165, 1.54) is 25.7 Å². The molecule has 1 rings (SSSR count). The van der Waals surface area contributed by atoms with Crippen molar-refractivity contribution in [1.82, 2.24) is 0 Å². The van der Waals surface area contributed by atoms with Gasteiger partial charge in [-0.1, -0.05) is 56.3 Å². The molecule has 0 spiro atoms. The highest BCUT2D eigenvalue weighted by atomic mass is 35.5. The van der Waals surface area contributed by atoms with E-state index >= 15 is 0 Å². The van der Waals surface area contributed by atoms with E-state index in [2.05, 4.69) is 17.1 Å². The summed E-state index contributed by atoms with van der Waals surface area (Å²) in [6.07, 6.45) is 6.92. The molecule has 4 N–H and O–H groups in total. The average Bonchev–Trinajstić information content (AvgIpc) is 2.43. The zero-order valence-corrected chi connectivity index (χ0v) is 12.7. The summed E-state index contributed by atoms with van der Waals surface area (Å²) in [6.45, 7) is 2.21. The lowest BCUT2D eigenvalue weighted by Crippen LogP contribution is -2.22. The van der Waals surface area contributed by atoms with Crippen LogP contribution in [0.25, 0.3) is 0 Å². The Morgan fingerprint density at radius 2 is 1.65 bits per heavy atom. The highest BCUT2D eigenvalue weighted by molar-refractivity contribution is 6.30. The summed E-state index contributed by atoms with van der Waals surface area (Å²) in [4.78, 5) is 0. The molecule has 1 aromatic carbocycles. The maximum absolute atomic E-state index is 5.90. The van der Waals surface area contributed by atoms with Crippen molar-refractivity contribution in [1.29, 1.82) is 0 Å². The summed E-state index contributed by atoms with van der Waals surface area (Å²) < 4.78 is 0. The molecule has 1 aromatic rings. The summed E-state index contributed by atoms with van der Waals surface area (Å²) in [7, 11) is 0. The van der Waals surface area contributed by atoms with E-state index in [4.69, 9.17) is 23.1 Å². The third kappa shape index (κ3) is 6.57. The predicted molar refractivity (Wildman–Crippen MR) is 87.2 cm³/mol. The van der Waals surface area contributed by atoms with Crippen LogP contribution in [0.15, 0.2) is 34.5 Å². The van der Waals surface area contributed by atoms with Gasteiger partial charge in [0.1, 0.15) is 0 Å². The minimum atomic E-state index is -0.0255. The summed E-state index contributed by atoms with van der Waals surface area (Å²) >= 11 is 5.90. The summed E-state index contributed by atoms with van der Waals surface area (Å²) in [5, 5.41) is 8.62. The first-order chi connectivity index (χ1) is 9.63. The smallest absolute Gasteiger partial charge is 0.211 e. The van der Waals surface area contributed by atoms with E-state index in [0.717, 1.165) is 24.1 Å². The van der Waals surface area contributed by atoms with E-state index < -0.39 is 0 Å². The topological polar surface area (TPSA) is 76.8 Å². The molecule has 0 unspecified atom stereocenters. The van der Waals surface area contributed by atoms with Gasteiger partial charge in [0, 0.05) is 5.02 Å². The van der Waals surface area contributed by atoms with Crippen molar-refractivity contribution >= 4 is 23.3 Å². The van der Waals surface area contributed by atoms with Gasteiger partial charge in [0.05, 0.1) is 5.71 Å². The molecular weight excluding hydrogens is 272 g/mol. The van der Waals surface area contributed by atoms with Crippen LogP contribution in [0.5, 0.6) is 0 Å². The Morgan fingerprint density at radius 3 is 2.25 bits per heavy atom. The van der Waals surface area contributed by atoms with Gasteiger partial charge in [-0.3, -0.25) is 0 Å². The number of benzene rings is 1. The fourth-order valence-corrected chi connectivity index (χ4v) is 2.03. The Bertz CT molecular complexity index is 447. The minimum absolute atomic E-state index is 0.0255. The maximum Gasteiger partial charge on any atom is 0.211 e. The van der Waals surface area contributed by atoms with Crippen molar-refractivity contribution in [2.45, 2.75) is 45.4 Å². The van der Waals surface area contributed by atoms with E-state index in [9.17, 15) is 0 Å². The third-order valence-corrected chi connectivity index (χ3v) is 3.23. The van der Waals surface area contributed by atoms with Crippen LogP contribution in [0.3, 0.4) is 0 Å². The van der Waals surface area contributed by atoms with Crippen LogP contribution in [0, 0.1) is 0 Å². The van der Waals surface area contributed by atoms with E-state index in [1.807, 2.05) is 24.3 Å². The fraction of sp³-hybridized carbons (Fsp3) is 0.467. The first-order valence-electron chi connectivity index (χ1n) is 7.05. The Morgan fingerprint density at radius 1 is 1.00 bits per heavy atom. The van der Waals surface area contributed by atoms with Gasteiger partial charge in [-0.15, -0.1) is 5.10 Å². The lowest BCUT2D eigenvalue weighted by molar-refractivity contribution is 0.643. The molecule has 0 amide bonds. The molecule has 0 aromatic heterocycles. The summed E-state index contributed by atoms with van der Waals surface area (Å²) in [6, 6.07) is 7.57. The van der Waals surface area contributed by atoms with Gasteiger partial charge in [-0.25, -0.2) is 0 Å². The van der Waals surface area contributed by atoms with Crippen LogP contribution in [0.1, 0.15) is 51.0 Å².